The van der Waals surface area contributed by atoms with Crippen molar-refractivity contribution in [3.8, 4) is 0 Å². The van der Waals surface area contributed by atoms with Crippen LogP contribution in [-0.4, -0.2) is 36.6 Å². The number of carbonyl (C=O) groups excluding carboxylic acids is 1. The summed E-state index contributed by atoms with van der Waals surface area (Å²) in [6.45, 7) is 0.273. The number of nitrogens with zero attached hydrogens (tertiary/aromatic N) is 2. The average molecular weight is 458 g/mol. The molecule has 0 aliphatic carbocycles. The van der Waals surface area contributed by atoms with Gasteiger partial charge in [0.2, 0.25) is 15.9 Å². The van der Waals surface area contributed by atoms with Crippen LogP contribution in [-0.2, 0) is 14.8 Å². The van der Waals surface area contributed by atoms with Gasteiger partial charge >= 0.3 is 0 Å². The van der Waals surface area contributed by atoms with Crippen LogP contribution in [0, 0.1) is 16.0 Å². The third-order valence-corrected chi connectivity index (χ3v) is 7.15. The maximum Gasteiger partial charge on any atom is 0.289 e. The molecule has 3 rings (SSSR count). The third-order valence-electron chi connectivity index (χ3n) is 4.69. The molecule has 2 aromatic carbocycles. The van der Waals surface area contributed by atoms with Crippen LogP contribution in [0.3, 0.4) is 0 Å². The van der Waals surface area contributed by atoms with Crippen LogP contribution in [0.1, 0.15) is 12.8 Å². The standard InChI is InChI=1S/C18H17Cl2N3O5S/c19-13-1-3-14(4-2-13)21-18(24)12-7-9-22(10-8-12)29(27,28)15-5-6-16(20)17(11-15)23(25)26/h1-6,11-12H,7-10H2,(H,21,24). The topological polar surface area (TPSA) is 110 Å². The van der Waals surface area contributed by atoms with E-state index in [0.29, 0.717) is 23.6 Å². The predicted molar refractivity (Wildman–Crippen MR) is 110 cm³/mol. The summed E-state index contributed by atoms with van der Waals surface area (Å²) in [7, 11) is -3.92. The summed E-state index contributed by atoms with van der Waals surface area (Å²) >= 11 is 11.6. The molecule has 1 saturated heterocycles. The molecule has 1 amide bonds. The van der Waals surface area contributed by atoms with Crippen molar-refractivity contribution in [1.29, 1.82) is 0 Å². The molecule has 154 valence electrons. The molecule has 0 radical (unpaired) electrons. The van der Waals surface area contributed by atoms with Crippen LogP contribution in [0.25, 0.3) is 0 Å². The van der Waals surface area contributed by atoms with Crippen molar-refractivity contribution >= 4 is 50.5 Å². The lowest BCUT2D eigenvalue weighted by molar-refractivity contribution is -0.384. The predicted octanol–water partition coefficient (Wildman–Crippen LogP) is 3.94. The quantitative estimate of drug-likeness (QED) is 0.539. The van der Waals surface area contributed by atoms with Crippen molar-refractivity contribution < 1.29 is 18.1 Å². The Hall–Kier alpha value is -2.20. The van der Waals surface area contributed by atoms with E-state index in [1.807, 2.05) is 0 Å². The summed E-state index contributed by atoms with van der Waals surface area (Å²) in [5, 5.41) is 14.2. The van der Waals surface area contributed by atoms with E-state index >= 15 is 0 Å². The molecule has 0 bridgehead atoms. The number of benzene rings is 2. The Balaban J connectivity index is 1.66. The number of sulfonamides is 1. The Labute approximate surface area is 177 Å². The number of nitro groups is 1. The number of nitrogens with one attached hydrogen (secondary N) is 1. The van der Waals surface area contributed by atoms with Crippen LogP contribution in [0.2, 0.25) is 10.0 Å². The van der Waals surface area contributed by atoms with Gasteiger partial charge in [0.25, 0.3) is 5.69 Å². The summed E-state index contributed by atoms with van der Waals surface area (Å²) in [6.07, 6.45) is 0.683. The monoisotopic (exact) mass is 457 g/mol. The number of carbonyl (C=O) groups is 1. The largest absolute Gasteiger partial charge is 0.326 e. The van der Waals surface area contributed by atoms with Crippen LogP contribution in [0.15, 0.2) is 47.4 Å². The highest BCUT2D eigenvalue weighted by molar-refractivity contribution is 7.89. The van der Waals surface area contributed by atoms with Crippen LogP contribution >= 0.6 is 23.2 Å². The van der Waals surface area contributed by atoms with Gasteiger partial charge in [-0.05, 0) is 49.2 Å². The zero-order valence-electron chi connectivity index (χ0n) is 15.0. The zero-order valence-corrected chi connectivity index (χ0v) is 17.4. The van der Waals surface area contributed by atoms with Gasteiger partial charge in [-0.25, -0.2) is 8.42 Å². The van der Waals surface area contributed by atoms with Gasteiger partial charge in [0, 0.05) is 35.8 Å². The zero-order chi connectivity index (χ0) is 21.2. The SMILES string of the molecule is O=C(Nc1ccc(Cl)cc1)C1CCN(S(=O)(=O)c2ccc(Cl)c([N+](=O)[O-])c2)CC1. The normalized spacial score (nSPS) is 15.8. The number of hydrogen-bond acceptors (Lipinski definition) is 5. The lowest BCUT2D eigenvalue weighted by Crippen LogP contribution is -2.41. The molecule has 11 heteroatoms. The lowest BCUT2D eigenvalue weighted by Gasteiger charge is -2.30. The number of amides is 1. The molecular weight excluding hydrogens is 441 g/mol. The first-order chi connectivity index (χ1) is 13.7. The molecule has 1 fully saturated rings. The molecule has 0 atom stereocenters. The fourth-order valence-electron chi connectivity index (χ4n) is 3.08. The highest BCUT2D eigenvalue weighted by Crippen LogP contribution is 2.30. The molecule has 0 aromatic heterocycles. The molecule has 1 heterocycles. The van der Waals surface area contributed by atoms with Crippen LogP contribution < -0.4 is 5.32 Å². The minimum atomic E-state index is -3.92. The minimum absolute atomic E-state index is 0.133. The third kappa shape index (κ3) is 4.87. The Morgan fingerprint density at radius 3 is 2.31 bits per heavy atom. The fourth-order valence-corrected chi connectivity index (χ4v) is 4.88. The van der Waals surface area contributed by atoms with Gasteiger partial charge in [0.1, 0.15) is 5.02 Å². The summed E-state index contributed by atoms with van der Waals surface area (Å²) in [5.41, 5.74) is 0.146. The molecule has 1 N–H and O–H groups in total. The Kier molecular flexibility index (Phi) is 6.42. The second-order valence-electron chi connectivity index (χ2n) is 6.54. The summed E-state index contributed by atoms with van der Waals surface area (Å²) < 4.78 is 26.9. The molecule has 0 spiro atoms. The first-order valence-corrected chi connectivity index (χ1v) is 10.9. The van der Waals surface area contributed by atoms with E-state index in [9.17, 15) is 23.3 Å². The average Bonchev–Trinajstić information content (AvgIpc) is 2.69. The van der Waals surface area contributed by atoms with Crippen molar-refractivity contribution in [2.45, 2.75) is 17.7 Å². The first-order valence-electron chi connectivity index (χ1n) is 8.69. The number of anilines is 1. The van der Waals surface area contributed by atoms with Gasteiger partial charge < -0.3 is 5.32 Å². The van der Waals surface area contributed by atoms with Crippen molar-refractivity contribution in [3.05, 3.63) is 62.6 Å². The van der Waals surface area contributed by atoms with Crippen molar-refractivity contribution in [2.75, 3.05) is 18.4 Å². The lowest BCUT2D eigenvalue weighted by atomic mass is 9.97. The number of halogens is 2. The molecule has 1 aliphatic heterocycles. The van der Waals surface area contributed by atoms with Gasteiger partial charge in [-0.15, -0.1) is 0 Å². The number of hydrogen-bond donors (Lipinski definition) is 1. The van der Waals surface area contributed by atoms with Gasteiger partial charge in [-0.1, -0.05) is 23.2 Å². The van der Waals surface area contributed by atoms with E-state index in [2.05, 4.69) is 5.32 Å². The highest BCUT2D eigenvalue weighted by Gasteiger charge is 2.33. The second kappa shape index (κ2) is 8.66. The molecule has 29 heavy (non-hydrogen) atoms. The molecule has 1 aliphatic rings. The molecule has 8 nitrogen and oxygen atoms in total. The van der Waals surface area contributed by atoms with Gasteiger partial charge in [-0.2, -0.15) is 4.31 Å². The summed E-state index contributed by atoms with van der Waals surface area (Å²) in [5.74, 6) is -0.525. The first kappa shape index (κ1) is 21.5. The van der Waals surface area contributed by atoms with E-state index in [4.69, 9.17) is 23.2 Å². The van der Waals surface area contributed by atoms with E-state index < -0.39 is 20.6 Å². The summed E-state index contributed by atoms with van der Waals surface area (Å²) in [4.78, 5) is 22.5. The second-order valence-corrected chi connectivity index (χ2v) is 9.33. The molecule has 0 saturated carbocycles. The number of nitro benzene ring substituents is 1. The van der Waals surface area contributed by atoms with E-state index in [-0.39, 0.29) is 34.8 Å². The highest BCUT2D eigenvalue weighted by atomic mass is 35.5. The number of piperidine rings is 1. The van der Waals surface area contributed by atoms with E-state index in [0.717, 1.165) is 6.07 Å². The molecule has 2 aromatic rings. The van der Waals surface area contributed by atoms with Gasteiger partial charge in [0.05, 0.1) is 9.82 Å². The maximum absolute atomic E-state index is 12.8. The summed E-state index contributed by atoms with van der Waals surface area (Å²) in [6, 6.07) is 10.1. The van der Waals surface area contributed by atoms with Gasteiger partial charge in [-0.3, -0.25) is 14.9 Å². The Morgan fingerprint density at radius 1 is 1.10 bits per heavy atom. The maximum atomic E-state index is 12.8. The van der Waals surface area contributed by atoms with Crippen molar-refractivity contribution in [1.82, 2.24) is 4.31 Å². The Bertz CT molecular complexity index is 1040. The fraction of sp³-hybridized carbons (Fsp3) is 0.278. The van der Waals surface area contributed by atoms with Crippen LogP contribution in [0.4, 0.5) is 11.4 Å². The smallest absolute Gasteiger partial charge is 0.289 e. The molecule has 0 unspecified atom stereocenters. The minimum Gasteiger partial charge on any atom is -0.326 e. The van der Waals surface area contributed by atoms with E-state index in [1.54, 1.807) is 24.3 Å². The van der Waals surface area contributed by atoms with Crippen LogP contribution in [0.5, 0.6) is 0 Å². The number of rotatable bonds is 5. The Morgan fingerprint density at radius 2 is 1.72 bits per heavy atom. The van der Waals surface area contributed by atoms with Crippen molar-refractivity contribution in [3.63, 3.8) is 0 Å². The van der Waals surface area contributed by atoms with Crippen molar-refractivity contribution in [2.24, 2.45) is 5.92 Å². The molecular formula is C18H17Cl2N3O5S. The van der Waals surface area contributed by atoms with Gasteiger partial charge in [0.15, 0.2) is 0 Å². The van der Waals surface area contributed by atoms with E-state index in [1.165, 1.54) is 16.4 Å².